The van der Waals surface area contributed by atoms with Gasteiger partial charge in [-0.15, -0.1) is 0 Å². The van der Waals surface area contributed by atoms with Crippen LogP contribution in [0.4, 0.5) is 5.69 Å². The summed E-state index contributed by atoms with van der Waals surface area (Å²) in [5.41, 5.74) is 3.80. The first-order chi connectivity index (χ1) is 8.97. The van der Waals surface area contributed by atoms with E-state index in [1.807, 2.05) is 0 Å². The highest BCUT2D eigenvalue weighted by Crippen LogP contribution is 2.38. The van der Waals surface area contributed by atoms with E-state index in [-0.39, 0.29) is 5.04 Å². The number of nitrogens with zero attached hydrogens (tertiary/aromatic N) is 1. The second-order valence-electron chi connectivity index (χ2n) is 7.11. The molecule has 0 aliphatic rings. The highest BCUT2D eigenvalue weighted by Gasteiger charge is 2.37. The van der Waals surface area contributed by atoms with Crippen molar-refractivity contribution in [1.29, 1.82) is 0 Å². The highest BCUT2D eigenvalue weighted by molar-refractivity contribution is 9.10. The van der Waals surface area contributed by atoms with Crippen LogP contribution in [0.15, 0.2) is 16.6 Å². The Hall–Kier alpha value is -0.323. The number of halogens is 1. The molecule has 0 aromatic heterocycles. The molecular weight excluding hydrogens is 330 g/mol. The van der Waals surface area contributed by atoms with Gasteiger partial charge in [-0.1, -0.05) is 36.7 Å². The van der Waals surface area contributed by atoms with Gasteiger partial charge in [-0.25, -0.2) is 0 Å². The van der Waals surface area contributed by atoms with Gasteiger partial charge in [0.15, 0.2) is 8.32 Å². The molecule has 0 saturated heterocycles. The summed E-state index contributed by atoms with van der Waals surface area (Å²) in [5.74, 6) is 0. The van der Waals surface area contributed by atoms with Crippen LogP contribution < -0.4 is 4.90 Å². The van der Waals surface area contributed by atoms with Crippen LogP contribution in [-0.4, -0.2) is 22.4 Å². The summed E-state index contributed by atoms with van der Waals surface area (Å²) in [7, 11) is 2.44. The third-order valence-corrected chi connectivity index (χ3v) is 9.71. The van der Waals surface area contributed by atoms with Crippen LogP contribution in [0.3, 0.4) is 0 Å². The lowest BCUT2D eigenvalue weighted by molar-refractivity contribution is 0.276. The summed E-state index contributed by atoms with van der Waals surface area (Å²) in [4.78, 5) is 2.16. The SMILES string of the molecule is Cc1c(Br)ccc(N(C)C)c1CO[Si](C)(C)C(C)(C)C. The minimum Gasteiger partial charge on any atom is -0.412 e. The van der Waals surface area contributed by atoms with E-state index in [1.165, 1.54) is 16.8 Å². The van der Waals surface area contributed by atoms with Gasteiger partial charge in [0, 0.05) is 29.8 Å². The van der Waals surface area contributed by atoms with Crippen LogP contribution in [0, 0.1) is 6.92 Å². The Morgan fingerprint density at radius 1 is 1.20 bits per heavy atom. The summed E-state index contributed by atoms with van der Waals surface area (Å²) < 4.78 is 7.55. The molecule has 20 heavy (non-hydrogen) atoms. The van der Waals surface area contributed by atoms with E-state index in [0.29, 0.717) is 6.61 Å². The van der Waals surface area contributed by atoms with Gasteiger partial charge in [-0.2, -0.15) is 0 Å². The van der Waals surface area contributed by atoms with E-state index >= 15 is 0 Å². The molecule has 0 fully saturated rings. The molecule has 0 unspecified atom stereocenters. The number of hydrogen-bond acceptors (Lipinski definition) is 2. The molecule has 1 rings (SSSR count). The van der Waals surface area contributed by atoms with E-state index in [2.05, 4.69) is 87.8 Å². The van der Waals surface area contributed by atoms with E-state index < -0.39 is 8.32 Å². The normalized spacial score (nSPS) is 12.7. The maximum Gasteiger partial charge on any atom is 0.192 e. The zero-order valence-electron chi connectivity index (χ0n) is 14.1. The Balaban J connectivity index is 3.07. The second kappa shape index (κ2) is 6.20. The fourth-order valence-electron chi connectivity index (χ4n) is 1.78. The molecule has 0 spiro atoms. The smallest absolute Gasteiger partial charge is 0.192 e. The zero-order valence-corrected chi connectivity index (χ0v) is 16.7. The molecule has 0 heterocycles. The molecule has 0 aliphatic heterocycles. The highest BCUT2D eigenvalue weighted by atomic mass is 79.9. The maximum atomic E-state index is 6.40. The van der Waals surface area contributed by atoms with Gasteiger partial charge in [0.1, 0.15) is 0 Å². The van der Waals surface area contributed by atoms with Crippen molar-refractivity contribution in [2.45, 2.75) is 52.4 Å². The molecule has 2 nitrogen and oxygen atoms in total. The van der Waals surface area contributed by atoms with Crippen molar-refractivity contribution in [1.82, 2.24) is 0 Å². The molecule has 0 radical (unpaired) electrons. The quantitative estimate of drug-likeness (QED) is 0.673. The molecular formula is C16H28BrNOSi. The van der Waals surface area contributed by atoms with Crippen LogP contribution >= 0.6 is 15.9 Å². The van der Waals surface area contributed by atoms with Crippen molar-refractivity contribution in [2.75, 3.05) is 19.0 Å². The first-order valence-corrected chi connectivity index (χ1v) is 10.8. The summed E-state index contributed by atoms with van der Waals surface area (Å²) in [6, 6.07) is 4.27. The largest absolute Gasteiger partial charge is 0.412 e. The minimum absolute atomic E-state index is 0.241. The van der Waals surface area contributed by atoms with Gasteiger partial charge >= 0.3 is 0 Å². The Morgan fingerprint density at radius 2 is 1.75 bits per heavy atom. The molecule has 1 aromatic rings. The lowest BCUT2D eigenvalue weighted by Crippen LogP contribution is -2.40. The Labute approximate surface area is 133 Å². The second-order valence-corrected chi connectivity index (χ2v) is 12.8. The first-order valence-electron chi connectivity index (χ1n) is 7.06. The van der Waals surface area contributed by atoms with Crippen molar-refractivity contribution in [3.8, 4) is 0 Å². The average molecular weight is 358 g/mol. The van der Waals surface area contributed by atoms with Gasteiger partial charge < -0.3 is 9.33 Å². The van der Waals surface area contributed by atoms with Gasteiger partial charge in [0.05, 0.1) is 6.61 Å². The summed E-state index contributed by atoms with van der Waals surface area (Å²) in [5, 5.41) is 0.241. The van der Waals surface area contributed by atoms with Crippen LogP contribution in [0.1, 0.15) is 31.9 Å². The van der Waals surface area contributed by atoms with Crippen molar-refractivity contribution < 1.29 is 4.43 Å². The summed E-state index contributed by atoms with van der Waals surface area (Å²) in [6.07, 6.45) is 0. The third-order valence-electron chi connectivity index (χ3n) is 4.37. The fourth-order valence-corrected chi connectivity index (χ4v) is 3.09. The van der Waals surface area contributed by atoms with Crippen LogP contribution in [0.25, 0.3) is 0 Å². The van der Waals surface area contributed by atoms with Crippen LogP contribution in [-0.2, 0) is 11.0 Å². The topological polar surface area (TPSA) is 12.5 Å². The molecule has 0 atom stereocenters. The van der Waals surface area contributed by atoms with Gasteiger partial charge in [0.25, 0.3) is 0 Å². The Kier molecular flexibility index (Phi) is 5.50. The Morgan fingerprint density at radius 3 is 2.20 bits per heavy atom. The zero-order chi connectivity index (χ0) is 15.7. The van der Waals surface area contributed by atoms with E-state index in [4.69, 9.17) is 4.43 Å². The molecule has 0 N–H and O–H groups in total. The average Bonchev–Trinajstić information content (AvgIpc) is 2.29. The lowest BCUT2D eigenvalue weighted by atomic mass is 10.1. The monoisotopic (exact) mass is 357 g/mol. The van der Waals surface area contributed by atoms with Gasteiger partial charge in [-0.3, -0.25) is 0 Å². The first kappa shape index (κ1) is 17.7. The standard InChI is InChI=1S/C16H28BrNOSi/c1-12-13(11-19-20(7,8)16(2,3)4)15(18(5)6)10-9-14(12)17/h9-10H,11H2,1-8H3. The predicted octanol–water partition coefficient (Wildman–Crippen LogP) is 5.35. The predicted molar refractivity (Wildman–Crippen MR) is 95.2 cm³/mol. The van der Waals surface area contributed by atoms with Crippen LogP contribution in [0.5, 0.6) is 0 Å². The maximum absolute atomic E-state index is 6.40. The molecule has 0 amide bonds. The summed E-state index contributed by atoms with van der Waals surface area (Å²) in [6.45, 7) is 14.3. The van der Waals surface area contributed by atoms with Crippen molar-refractivity contribution >= 4 is 29.9 Å². The number of rotatable bonds is 4. The number of hydrogen-bond donors (Lipinski definition) is 0. The van der Waals surface area contributed by atoms with Crippen molar-refractivity contribution in [3.05, 3.63) is 27.7 Å². The lowest BCUT2D eigenvalue weighted by Gasteiger charge is -2.36. The number of anilines is 1. The molecule has 1 aromatic carbocycles. The van der Waals surface area contributed by atoms with E-state index in [9.17, 15) is 0 Å². The third kappa shape index (κ3) is 3.86. The minimum atomic E-state index is -1.72. The van der Waals surface area contributed by atoms with E-state index in [1.54, 1.807) is 0 Å². The number of benzene rings is 1. The summed E-state index contributed by atoms with van der Waals surface area (Å²) >= 11 is 3.63. The van der Waals surface area contributed by atoms with Crippen LogP contribution in [0.2, 0.25) is 18.1 Å². The van der Waals surface area contributed by atoms with Gasteiger partial charge in [0.2, 0.25) is 0 Å². The van der Waals surface area contributed by atoms with Gasteiger partial charge in [-0.05, 0) is 42.8 Å². The molecule has 0 aliphatic carbocycles. The van der Waals surface area contributed by atoms with Crippen molar-refractivity contribution in [2.24, 2.45) is 0 Å². The van der Waals surface area contributed by atoms with Crippen molar-refractivity contribution in [3.63, 3.8) is 0 Å². The molecule has 0 saturated carbocycles. The molecule has 114 valence electrons. The fraction of sp³-hybridized carbons (Fsp3) is 0.625. The molecule has 0 bridgehead atoms. The molecule has 4 heteroatoms. The van der Waals surface area contributed by atoms with E-state index in [0.717, 1.165) is 4.47 Å². The Bertz CT molecular complexity index is 478.